The number of carbonyl (C=O) groups excluding carboxylic acids is 3. The quantitative estimate of drug-likeness (QED) is 0.0308. The van der Waals surface area contributed by atoms with Crippen LogP contribution in [0.4, 0.5) is 0 Å². The van der Waals surface area contributed by atoms with E-state index in [2.05, 4.69) is 6.92 Å². The Morgan fingerprint density at radius 1 is 0.891 bits per heavy atom. The molecule has 6 atom stereocenters. The fourth-order valence-corrected chi connectivity index (χ4v) is 7.05. The van der Waals surface area contributed by atoms with Crippen LogP contribution in [0, 0.1) is 5.41 Å². The number of hydrogen-bond donors (Lipinski definition) is 3. The van der Waals surface area contributed by atoms with Gasteiger partial charge in [0.2, 0.25) is 5.79 Å². The number of aliphatic hydroxyl groups excluding tert-OH is 1. The minimum Gasteiger partial charge on any atom is -0.497 e. The minimum absolute atomic E-state index is 0.00290. The number of methoxy groups -OCH3 is 2. The van der Waals surface area contributed by atoms with Gasteiger partial charge in [0.1, 0.15) is 5.75 Å². The number of unbranched alkanes of at least 4 members (excludes halogenated alkanes) is 4. The number of esters is 3. The summed E-state index contributed by atoms with van der Waals surface area (Å²) in [5.74, 6) is -4.76. The lowest BCUT2D eigenvalue weighted by molar-refractivity contribution is -0.328. The summed E-state index contributed by atoms with van der Waals surface area (Å²) in [5.41, 5.74) is 0.654. The highest BCUT2D eigenvalue weighted by molar-refractivity contribution is 5.83. The molecule has 356 valence electrons. The topological polar surface area (TPSA) is 203 Å². The van der Waals surface area contributed by atoms with Gasteiger partial charge in [0, 0.05) is 50.0 Å². The number of carboxylic acids is 1. The van der Waals surface area contributed by atoms with Crippen molar-refractivity contribution in [1.82, 2.24) is 0 Å². The van der Waals surface area contributed by atoms with Crippen LogP contribution in [0.1, 0.15) is 109 Å². The lowest BCUT2D eigenvalue weighted by Gasteiger charge is -2.51. The molecule has 1 aliphatic heterocycles. The highest BCUT2D eigenvalue weighted by atomic mass is 16.7. The average Bonchev–Trinajstić information content (AvgIpc) is 3.27. The molecule has 0 aromatic heterocycles. The fourth-order valence-electron chi connectivity index (χ4n) is 7.05. The summed E-state index contributed by atoms with van der Waals surface area (Å²) in [6.45, 7) is 8.11. The third-order valence-electron chi connectivity index (χ3n) is 11.0. The lowest BCUT2D eigenvalue weighted by atomic mass is 9.74. The van der Waals surface area contributed by atoms with E-state index < -0.39 is 65.6 Å². The average molecular weight is 899 g/mol. The number of benzene rings is 2. The van der Waals surface area contributed by atoms with Crippen LogP contribution in [0.15, 0.2) is 78.4 Å². The standard InChI is InChI=1S/C49H70O15/c1-7-8-9-10-14-18-45(54)63-47-38(30-46(55)58-6)29-41(32-42(35(2)61-33-36-16-12-11-13-17-36)62-34-37-19-21-40(57-5)22-20-37)64-49(47,56)48(3,4)25-23-44(53)60-27-15-26-59-28-24-39(50)31-43(51)52/h11-13,16-17,19-23,25,30,35,39,41-42,47,50,56H,7-10,14-15,18,24,26-29,31-34H2,1-6H3,(H,51,52)/t35-,39-,41?,42-,47+,49-/m1/s1. The van der Waals surface area contributed by atoms with Gasteiger partial charge in [-0.2, -0.15) is 0 Å². The van der Waals surface area contributed by atoms with Crippen LogP contribution in [0.2, 0.25) is 0 Å². The SMILES string of the molecule is CCCCCCCC(=O)O[C@H]1C(=CC(=O)OC)CC(C[C@@H](OCc2ccc(OC)cc2)[C@@H](C)OCc2ccccc2)O[C@@]1(O)C(C)(C)C=CC(=O)OCCCOCC[C@@H](O)CC(=O)O. The molecule has 64 heavy (non-hydrogen) atoms. The number of aliphatic hydroxyl groups is 2. The molecule has 1 unspecified atom stereocenters. The Labute approximate surface area is 378 Å². The second-order valence-electron chi connectivity index (χ2n) is 16.6. The van der Waals surface area contributed by atoms with Gasteiger partial charge in [-0.1, -0.05) is 95.0 Å². The Hall–Kier alpha value is -4.64. The first-order valence-electron chi connectivity index (χ1n) is 22.2. The van der Waals surface area contributed by atoms with Gasteiger partial charge < -0.3 is 53.2 Å². The third-order valence-corrected chi connectivity index (χ3v) is 11.0. The van der Waals surface area contributed by atoms with E-state index in [-0.39, 0.29) is 64.1 Å². The van der Waals surface area contributed by atoms with Crippen LogP contribution in [0.25, 0.3) is 0 Å². The summed E-state index contributed by atoms with van der Waals surface area (Å²) in [6.07, 6.45) is 4.25. The maximum Gasteiger partial charge on any atom is 0.330 e. The normalized spacial score (nSPS) is 19.8. The van der Waals surface area contributed by atoms with Crippen molar-refractivity contribution in [2.24, 2.45) is 5.41 Å². The molecule has 0 radical (unpaired) electrons. The molecule has 15 heteroatoms. The molecule has 1 fully saturated rings. The van der Waals surface area contributed by atoms with Crippen molar-refractivity contribution < 1.29 is 72.4 Å². The molecule has 0 aliphatic carbocycles. The summed E-state index contributed by atoms with van der Waals surface area (Å²) < 4.78 is 46.7. The van der Waals surface area contributed by atoms with E-state index in [0.29, 0.717) is 25.2 Å². The number of rotatable bonds is 30. The molecular weight excluding hydrogens is 829 g/mol. The van der Waals surface area contributed by atoms with Crippen molar-refractivity contribution in [3.05, 3.63) is 89.5 Å². The molecule has 3 N–H and O–H groups in total. The molecule has 1 saturated heterocycles. The molecule has 0 spiro atoms. The Kier molecular flexibility index (Phi) is 23.8. The Morgan fingerprint density at radius 3 is 2.25 bits per heavy atom. The van der Waals surface area contributed by atoms with E-state index in [4.69, 9.17) is 43.0 Å². The Balaban J connectivity index is 1.90. The van der Waals surface area contributed by atoms with Crippen LogP contribution in [0.3, 0.4) is 0 Å². The van der Waals surface area contributed by atoms with Gasteiger partial charge in [0.25, 0.3) is 0 Å². The molecule has 3 rings (SSSR count). The summed E-state index contributed by atoms with van der Waals surface area (Å²) in [6, 6.07) is 17.2. The minimum atomic E-state index is -2.34. The van der Waals surface area contributed by atoms with Gasteiger partial charge in [-0.25, -0.2) is 9.59 Å². The number of carboxylic acid groups (broad SMARTS) is 1. The van der Waals surface area contributed by atoms with E-state index in [1.54, 1.807) is 21.0 Å². The number of aliphatic carboxylic acids is 1. The van der Waals surface area contributed by atoms with Gasteiger partial charge in [-0.05, 0) is 55.0 Å². The number of ether oxygens (including phenoxy) is 8. The van der Waals surface area contributed by atoms with Crippen LogP contribution >= 0.6 is 0 Å². The van der Waals surface area contributed by atoms with Crippen molar-refractivity contribution in [2.45, 2.75) is 148 Å². The van der Waals surface area contributed by atoms with E-state index in [0.717, 1.165) is 42.9 Å². The molecule has 1 aliphatic rings. The second-order valence-corrected chi connectivity index (χ2v) is 16.6. The molecule has 2 aromatic carbocycles. The van der Waals surface area contributed by atoms with Gasteiger partial charge in [-0.3, -0.25) is 9.59 Å². The van der Waals surface area contributed by atoms with Gasteiger partial charge in [-0.15, -0.1) is 0 Å². The molecular formula is C49H70O15. The summed E-state index contributed by atoms with van der Waals surface area (Å²) in [4.78, 5) is 50.2. The molecule has 0 saturated carbocycles. The van der Waals surface area contributed by atoms with Crippen molar-refractivity contribution in [1.29, 1.82) is 0 Å². The smallest absolute Gasteiger partial charge is 0.330 e. The largest absolute Gasteiger partial charge is 0.497 e. The zero-order valence-electron chi connectivity index (χ0n) is 38.4. The highest BCUT2D eigenvalue weighted by Crippen LogP contribution is 2.47. The lowest BCUT2D eigenvalue weighted by Crippen LogP contribution is -2.62. The zero-order valence-corrected chi connectivity index (χ0v) is 38.4. The maximum atomic E-state index is 13.5. The highest BCUT2D eigenvalue weighted by Gasteiger charge is 2.57. The van der Waals surface area contributed by atoms with Crippen LogP contribution in [-0.2, 0) is 65.5 Å². The number of hydrogen-bond acceptors (Lipinski definition) is 14. The van der Waals surface area contributed by atoms with Crippen molar-refractivity contribution in [2.75, 3.05) is 34.0 Å². The first-order chi connectivity index (χ1) is 30.6. The van der Waals surface area contributed by atoms with Crippen LogP contribution in [-0.4, -0.2) is 110 Å². The molecule has 1 heterocycles. The van der Waals surface area contributed by atoms with Gasteiger partial charge in [0.15, 0.2) is 6.10 Å². The molecule has 0 amide bonds. The van der Waals surface area contributed by atoms with Gasteiger partial charge in [0.05, 0.1) is 64.9 Å². The van der Waals surface area contributed by atoms with Crippen molar-refractivity contribution >= 4 is 23.9 Å². The Morgan fingerprint density at radius 2 is 1.58 bits per heavy atom. The predicted octanol–water partition coefficient (Wildman–Crippen LogP) is 7.18. The van der Waals surface area contributed by atoms with E-state index in [1.807, 2.05) is 61.5 Å². The Bertz CT molecular complexity index is 1760. The summed E-state index contributed by atoms with van der Waals surface area (Å²) in [7, 11) is 2.82. The van der Waals surface area contributed by atoms with Gasteiger partial charge >= 0.3 is 23.9 Å². The van der Waals surface area contributed by atoms with E-state index in [1.165, 1.54) is 19.3 Å². The zero-order chi connectivity index (χ0) is 47.0. The summed E-state index contributed by atoms with van der Waals surface area (Å²) in [5, 5.41) is 31.4. The molecule has 15 nitrogen and oxygen atoms in total. The van der Waals surface area contributed by atoms with E-state index in [9.17, 15) is 29.4 Å². The van der Waals surface area contributed by atoms with Crippen molar-refractivity contribution in [3.8, 4) is 5.75 Å². The van der Waals surface area contributed by atoms with Crippen LogP contribution in [0.5, 0.6) is 5.75 Å². The van der Waals surface area contributed by atoms with E-state index >= 15 is 0 Å². The third kappa shape index (κ3) is 18.8. The van der Waals surface area contributed by atoms with Crippen LogP contribution < -0.4 is 4.74 Å². The van der Waals surface area contributed by atoms with Crippen molar-refractivity contribution in [3.63, 3.8) is 0 Å². The molecule has 0 bridgehead atoms. The second kappa shape index (κ2) is 28.3. The first kappa shape index (κ1) is 53.7. The predicted molar refractivity (Wildman–Crippen MR) is 237 cm³/mol. The fraction of sp³-hybridized carbons (Fsp3) is 0.592. The number of carbonyl (C=O) groups is 4. The monoisotopic (exact) mass is 898 g/mol. The maximum absolute atomic E-state index is 13.5. The molecule has 2 aromatic rings. The first-order valence-corrected chi connectivity index (χ1v) is 22.2. The summed E-state index contributed by atoms with van der Waals surface area (Å²) >= 11 is 0.